The van der Waals surface area contributed by atoms with E-state index in [0.29, 0.717) is 22.6 Å². The normalized spacial score (nSPS) is 14.3. The molecule has 1 atom stereocenters. The van der Waals surface area contributed by atoms with Crippen LogP contribution >= 0.6 is 11.6 Å². The zero-order valence-corrected chi connectivity index (χ0v) is 15.2. The quantitative estimate of drug-likeness (QED) is 0.586. The molecule has 2 aromatic rings. The van der Waals surface area contributed by atoms with Crippen molar-refractivity contribution in [2.75, 3.05) is 0 Å². The van der Waals surface area contributed by atoms with E-state index >= 15 is 0 Å². The third kappa shape index (κ3) is 3.22. The number of hydrogen-bond donors (Lipinski definition) is 0. The molecule has 6 heteroatoms. The van der Waals surface area contributed by atoms with Crippen molar-refractivity contribution in [3.63, 3.8) is 0 Å². The van der Waals surface area contributed by atoms with Gasteiger partial charge in [0.15, 0.2) is 0 Å². The highest BCUT2D eigenvalue weighted by Crippen LogP contribution is 2.27. The van der Waals surface area contributed by atoms with Gasteiger partial charge in [0.2, 0.25) is 0 Å². The minimum atomic E-state index is -0.574. The zero-order valence-electron chi connectivity index (χ0n) is 14.5. The number of amides is 2. The molecule has 0 aromatic heterocycles. The van der Waals surface area contributed by atoms with Crippen molar-refractivity contribution >= 4 is 29.4 Å². The second-order valence-electron chi connectivity index (χ2n) is 6.17. The van der Waals surface area contributed by atoms with Gasteiger partial charge in [-0.05, 0) is 37.6 Å². The van der Waals surface area contributed by atoms with Crippen molar-refractivity contribution in [2.45, 2.75) is 32.9 Å². The SMILES string of the molecule is CC[C@H](C)N1C(=O)c2ccc(C(=O)OCc3ccccc3Cl)cc2C1=O. The lowest BCUT2D eigenvalue weighted by Gasteiger charge is -2.20. The van der Waals surface area contributed by atoms with Crippen LogP contribution in [0.2, 0.25) is 5.02 Å². The second kappa shape index (κ2) is 7.30. The first-order valence-corrected chi connectivity index (χ1v) is 8.74. The van der Waals surface area contributed by atoms with Gasteiger partial charge in [0.1, 0.15) is 6.61 Å². The molecule has 2 aromatic carbocycles. The second-order valence-corrected chi connectivity index (χ2v) is 6.57. The summed E-state index contributed by atoms with van der Waals surface area (Å²) in [6, 6.07) is 11.3. The van der Waals surface area contributed by atoms with Gasteiger partial charge in [-0.15, -0.1) is 0 Å². The number of rotatable bonds is 5. The highest BCUT2D eigenvalue weighted by molar-refractivity contribution is 6.31. The van der Waals surface area contributed by atoms with E-state index < -0.39 is 5.97 Å². The molecule has 0 aliphatic carbocycles. The summed E-state index contributed by atoms with van der Waals surface area (Å²) in [5.41, 5.74) is 1.47. The Bertz CT molecular complexity index is 893. The average Bonchev–Trinajstić information content (AvgIpc) is 2.90. The number of nitrogens with zero attached hydrogens (tertiary/aromatic N) is 1. The predicted molar refractivity (Wildman–Crippen MR) is 97.3 cm³/mol. The maximum absolute atomic E-state index is 12.5. The molecule has 0 saturated heterocycles. The monoisotopic (exact) mass is 371 g/mol. The van der Waals surface area contributed by atoms with Crippen molar-refractivity contribution in [1.82, 2.24) is 4.90 Å². The van der Waals surface area contributed by atoms with Gasteiger partial charge >= 0.3 is 5.97 Å². The van der Waals surface area contributed by atoms with E-state index in [4.69, 9.17) is 16.3 Å². The average molecular weight is 372 g/mol. The van der Waals surface area contributed by atoms with E-state index in [9.17, 15) is 14.4 Å². The largest absolute Gasteiger partial charge is 0.457 e. The molecule has 1 aliphatic rings. The summed E-state index contributed by atoms with van der Waals surface area (Å²) in [6.45, 7) is 3.76. The van der Waals surface area contributed by atoms with Crippen LogP contribution < -0.4 is 0 Å². The van der Waals surface area contributed by atoms with E-state index in [2.05, 4.69) is 0 Å². The van der Waals surface area contributed by atoms with Gasteiger partial charge in [0.25, 0.3) is 11.8 Å². The van der Waals surface area contributed by atoms with E-state index in [1.807, 2.05) is 13.8 Å². The molecular weight excluding hydrogens is 354 g/mol. The zero-order chi connectivity index (χ0) is 18.8. The Morgan fingerprint density at radius 1 is 1.12 bits per heavy atom. The molecule has 0 radical (unpaired) electrons. The summed E-state index contributed by atoms with van der Waals surface area (Å²) in [7, 11) is 0. The Balaban J connectivity index is 1.79. The third-order valence-electron chi connectivity index (χ3n) is 4.50. The molecule has 0 spiro atoms. The predicted octanol–water partition coefficient (Wildman–Crippen LogP) is 4.09. The van der Waals surface area contributed by atoms with E-state index in [1.54, 1.807) is 24.3 Å². The fraction of sp³-hybridized carbons (Fsp3) is 0.250. The van der Waals surface area contributed by atoms with Crippen molar-refractivity contribution in [3.8, 4) is 0 Å². The molecule has 0 fully saturated rings. The summed E-state index contributed by atoms with van der Waals surface area (Å²) in [6.07, 6.45) is 0.665. The van der Waals surface area contributed by atoms with E-state index in [-0.39, 0.29) is 35.6 Å². The number of benzene rings is 2. The van der Waals surface area contributed by atoms with Crippen LogP contribution in [-0.2, 0) is 11.3 Å². The number of carbonyl (C=O) groups excluding carboxylic acids is 3. The Kier molecular flexibility index (Phi) is 5.09. The molecular formula is C20H18ClNO4. The van der Waals surface area contributed by atoms with Crippen LogP contribution in [0.3, 0.4) is 0 Å². The standard InChI is InChI=1S/C20H18ClNO4/c1-3-12(2)22-18(23)15-9-8-13(10-16(15)19(22)24)20(25)26-11-14-6-4-5-7-17(14)21/h4-10,12H,3,11H2,1-2H3/t12-/m0/s1. The first kappa shape index (κ1) is 18.1. The van der Waals surface area contributed by atoms with Crippen LogP contribution in [0.5, 0.6) is 0 Å². The first-order valence-electron chi connectivity index (χ1n) is 8.36. The van der Waals surface area contributed by atoms with E-state index in [0.717, 1.165) is 0 Å². The number of fused-ring (bicyclic) bond motifs is 1. The highest BCUT2D eigenvalue weighted by atomic mass is 35.5. The summed E-state index contributed by atoms with van der Waals surface area (Å²) in [5.74, 6) is -1.27. The van der Waals surface area contributed by atoms with Crippen LogP contribution in [0.1, 0.15) is 56.9 Å². The molecule has 0 unspecified atom stereocenters. The molecule has 5 nitrogen and oxygen atoms in total. The van der Waals surface area contributed by atoms with Crippen molar-refractivity contribution < 1.29 is 19.1 Å². The molecule has 2 amide bonds. The minimum Gasteiger partial charge on any atom is -0.457 e. The minimum absolute atomic E-state index is 0.0292. The van der Waals surface area contributed by atoms with E-state index in [1.165, 1.54) is 23.1 Å². The van der Waals surface area contributed by atoms with Crippen molar-refractivity contribution in [1.29, 1.82) is 0 Å². The van der Waals surface area contributed by atoms with Gasteiger partial charge < -0.3 is 4.74 Å². The van der Waals surface area contributed by atoms with Crippen LogP contribution in [-0.4, -0.2) is 28.7 Å². The topological polar surface area (TPSA) is 63.7 Å². The Labute approximate surface area is 156 Å². The first-order chi connectivity index (χ1) is 12.4. The molecule has 26 heavy (non-hydrogen) atoms. The molecule has 0 bridgehead atoms. The summed E-state index contributed by atoms with van der Waals surface area (Å²) in [5, 5.41) is 0.513. The molecule has 0 N–H and O–H groups in total. The Morgan fingerprint density at radius 3 is 2.50 bits per heavy atom. The van der Waals surface area contributed by atoms with Crippen LogP contribution in [0, 0.1) is 0 Å². The highest BCUT2D eigenvalue weighted by Gasteiger charge is 2.38. The fourth-order valence-corrected chi connectivity index (χ4v) is 3.00. The fourth-order valence-electron chi connectivity index (χ4n) is 2.81. The van der Waals surface area contributed by atoms with Gasteiger partial charge in [-0.25, -0.2) is 4.79 Å². The molecule has 0 saturated carbocycles. The Hall–Kier alpha value is -2.66. The number of hydrogen-bond acceptors (Lipinski definition) is 4. The van der Waals surface area contributed by atoms with Gasteiger partial charge in [0.05, 0.1) is 16.7 Å². The van der Waals surface area contributed by atoms with Crippen LogP contribution in [0.25, 0.3) is 0 Å². The van der Waals surface area contributed by atoms with Gasteiger partial charge in [-0.3, -0.25) is 14.5 Å². The molecule has 1 heterocycles. The number of ether oxygens (including phenoxy) is 1. The molecule has 3 rings (SSSR count). The lowest BCUT2D eigenvalue weighted by Crippen LogP contribution is -2.37. The maximum Gasteiger partial charge on any atom is 0.338 e. The smallest absolute Gasteiger partial charge is 0.338 e. The molecule has 134 valence electrons. The Morgan fingerprint density at radius 2 is 1.81 bits per heavy atom. The summed E-state index contributed by atoms with van der Waals surface area (Å²) >= 11 is 6.05. The van der Waals surface area contributed by atoms with Crippen molar-refractivity contribution in [3.05, 3.63) is 69.7 Å². The third-order valence-corrected chi connectivity index (χ3v) is 4.87. The number of halogens is 1. The maximum atomic E-state index is 12.5. The number of carbonyl (C=O) groups is 3. The van der Waals surface area contributed by atoms with Crippen LogP contribution in [0.4, 0.5) is 0 Å². The molecule has 1 aliphatic heterocycles. The van der Waals surface area contributed by atoms with Gasteiger partial charge in [-0.2, -0.15) is 0 Å². The summed E-state index contributed by atoms with van der Waals surface area (Å²) < 4.78 is 5.28. The van der Waals surface area contributed by atoms with Crippen molar-refractivity contribution in [2.24, 2.45) is 0 Å². The van der Waals surface area contributed by atoms with Crippen LogP contribution in [0.15, 0.2) is 42.5 Å². The number of esters is 1. The number of imide groups is 1. The van der Waals surface area contributed by atoms with Gasteiger partial charge in [0, 0.05) is 16.6 Å². The lowest BCUT2D eigenvalue weighted by molar-refractivity contribution is 0.0472. The van der Waals surface area contributed by atoms with Gasteiger partial charge in [-0.1, -0.05) is 36.7 Å². The summed E-state index contributed by atoms with van der Waals surface area (Å²) in [4.78, 5) is 38.5. The lowest BCUT2D eigenvalue weighted by atomic mass is 10.1.